The summed E-state index contributed by atoms with van der Waals surface area (Å²) in [4.78, 5) is 19.3. The average molecular weight is 335 g/mol. The first kappa shape index (κ1) is 15.6. The van der Waals surface area contributed by atoms with Crippen molar-refractivity contribution in [3.05, 3.63) is 54.5 Å². The molecule has 0 atom stereocenters. The van der Waals surface area contributed by atoms with Crippen molar-refractivity contribution < 1.29 is 4.79 Å². The molecule has 0 aliphatic carbocycles. The van der Waals surface area contributed by atoms with Gasteiger partial charge in [-0.25, -0.2) is 9.50 Å². The predicted molar refractivity (Wildman–Crippen MR) is 97.7 cm³/mol. The van der Waals surface area contributed by atoms with Crippen LogP contribution in [0.3, 0.4) is 0 Å². The van der Waals surface area contributed by atoms with Gasteiger partial charge in [0.15, 0.2) is 5.82 Å². The van der Waals surface area contributed by atoms with Gasteiger partial charge >= 0.3 is 0 Å². The van der Waals surface area contributed by atoms with Crippen molar-refractivity contribution in [2.75, 3.05) is 23.3 Å². The number of anilines is 2. The summed E-state index contributed by atoms with van der Waals surface area (Å²) < 4.78 is 1.87. The molecule has 128 valence electrons. The monoisotopic (exact) mass is 335 g/mol. The SMILES string of the molecule is Cc1cc2c(N3CCC(C(=O)Nc4ccccc4)CC3)nccn2n1. The van der Waals surface area contributed by atoms with Crippen molar-refractivity contribution in [2.24, 2.45) is 5.92 Å². The van der Waals surface area contributed by atoms with Gasteiger partial charge in [-0.05, 0) is 38.0 Å². The minimum absolute atomic E-state index is 0.0443. The number of piperidine rings is 1. The average Bonchev–Trinajstić information content (AvgIpc) is 3.03. The lowest BCUT2D eigenvalue weighted by Crippen LogP contribution is -2.38. The van der Waals surface area contributed by atoms with Crippen LogP contribution in [0.1, 0.15) is 18.5 Å². The standard InChI is InChI=1S/C19H21N5O/c1-14-13-17-18(20-9-12-24(17)22-14)23-10-7-15(8-11-23)19(25)21-16-5-3-2-4-6-16/h2-6,9,12-13,15H,7-8,10-11H2,1H3,(H,21,25). The highest BCUT2D eigenvalue weighted by atomic mass is 16.1. The number of hydrogen-bond acceptors (Lipinski definition) is 4. The molecular weight excluding hydrogens is 314 g/mol. The van der Waals surface area contributed by atoms with Crippen LogP contribution < -0.4 is 10.2 Å². The highest BCUT2D eigenvalue weighted by Crippen LogP contribution is 2.26. The van der Waals surface area contributed by atoms with Gasteiger partial charge < -0.3 is 10.2 Å². The number of fused-ring (bicyclic) bond motifs is 1. The van der Waals surface area contributed by atoms with E-state index in [1.54, 1.807) is 6.20 Å². The van der Waals surface area contributed by atoms with Gasteiger partial charge in [-0.2, -0.15) is 5.10 Å². The second kappa shape index (κ2) is 6.55. The van der Waals surface area contributed by atoms with Gasteiger partial charge in [-0.3, -0.25) is 4.79 Å². The molecule has 0 radical (unpaired) electrons. The Morgan fingerprint density at radius 2 is 1.96 bits per heavy atom. The molecule has 1 aliphatic heterocycles. The number of nitrogens with one attached hydrogen (secondary N) is 1. The largest absolute Gasteiger partial charge is 0.355 e. The van der Waals surface area contributed by atoms with Gasteiger partial charge in [0.1, 0.15) is 5.52 Å². The van der Waals surface area contributed by atoms with Crippen LogP contribution in [-0.4, -0.2) is 33.6 Å². The van der Waals surface area contributed by atoms with E-state index >= 15 is 0 Å². The number of amides is 1. The van der Waals surface area contributed by atoms with Crippen molar-refractivity contribution >= 4 is 22.9 Å². The number of aryl methyl sites for hydroxylation is 1. The summed E-state index contributed by atoms with van der Waals surface area (Å²) in [6.07, 6.45) is 5.30. The van der Waals surface area contributed by atoms with Crippen molar-refractivity contribution in [3.8, 4) is 0 Å². The molecule has 3 aromatic rings. The molecular formula is C19H21N5O. The van der Waals surface area contributed by atoms with Gasteiger partial charge in [-0.1, -0.05) is 18.2 Å². The van der Waals surface area contributed by atoms with E-state index in [1.807, 2.05) is 48.0 Å². The van der Waals surface area contributed by atoms with Gasteiger partial charge in [0, 0.05) is 37.1 Å². The number of para-hydroxylation sites is 1. The van der Waals surface area contributed by atoms with Crippen molar-refractivity contribution in [1.29, 1.82) is 0 Å². The smallest absolute Gasteiger partial charge is 0.227 e. The van der Waals surface area contributed by atoms with Gasteiger partial charge in [0.2, 0.25) is 5.91 Å². The Morgan fingerprint density at radius 3 is 2.72 bits per heavy atom. The summed E-state index contributed by atoms with van der Waals surface area (Å²) in [5, 5.41) is 7.46. The molecule has 0 saturated carbocycles. The van der Waals surface area contributed by atoms with Gasteiger partial charge in [0.25, 0.3) is 0 Å². The molecule has 6 heteroatoms. The van der Waals surface area contributed by atoms with Crippen LogP contribution in [0.4, 0.5) is 11.5 Å². The molecule has 0 unspecified atom stereocenters. The molecule has 1 amide bonds. The highest BCUT2D eigenvalue weighted by Gasteiger charge is 2.26. The third kappa shape index (κ3) is 3.20. The first-order valence-corrected chi connectivity index (χ1v) is 8.62. The van der Waals surface area contributed by atoms with Crippen molar-refractivity contribution in [2.45, 2.75) is 19.8 Å². The van der Waals surface area contributed by atoms with E-state index in [1.165, 1.54) is 0 Å². The van der Waals surface area contributed by atoms with Crippen molar-refractivity contribution in [1.82, 2.24) is 14.6 Å². The first-order valence-electron chi connectivity index (χ1n) is 8.62. The van der Waals surface area contributed by atoms with Crippen LogP contribution in [0, 0.1) is 12.8 Å². The fourth-order valence-corrected chi connectivity index (χ4v) is 3.39. The molecule has 4 rings (SSSR count). The Labute approximate surface area is 146 Å². The van der Waals surface area contributed by atoms with E-state index in [0.29, 0.717) is 0 Å². The maximum absolute atomic E-state index is 12.5. The molecule has 25 heavy (non-hydrogen) atoms. The van der Waals surface area contributed by atoms with E-state index < -0.39 is 0 Å². The van der Waals surface area contributed by atoms with E-state index in [4.69, 9.17) is 0 Å². The Hall–Kier alpha value is -2.89. The zero-order chi connectivity index (χ0) is 17.2. The van der Waals surface area contributed by atoms with E-state index in [9.17, 15) is 4.79 Å². The third-order valence-corrected chi connectivity index (χ3v) is 4.70. The predicted octanol–water partition coefficient (Wildman–Crippen LogP) is 2.89. The summed E-state index contributed by atoms with van der Waals surface area (Å²) in [5.74, 6) is 1.10. The molecule has 1 aromatic carbocycles. The molecule has 0 spiro atoms. The maximum atomic E-state index is 12.5. The van der Waals surface area contributed by atoms with Crippen LogP contribution in [0.5, 0.6) is 0 Å². The second-order valence-corrected chi connectivity index (χ2v) is 6.48. The third-order valence-electron chi connectivity index (χ3n) is 4.70. The Morgan fingerprint density at radius 1 is 1.20 bits per heavy atom. The maximum Gasteiger partial charge on any atom is 0.227 e. The second-order valence-electron chi connectivity index (χ2n) is 6.48. The molecule has 1 aliphatic rings. The summed E-state index contributed by atoms with van der Waals surface area (Å²) in [6.45, 7) is 3.63. The van der Waals surface area contributed by atoms with E-state index in [0.717, 1.165) is 48.6 Å². The minimum Gasteiger partial charge on any atom is -0.355 e. The topological polar surface area (TPSA) is 62.5 Å². The van der Waals surface area contributed by atoms with Crippen LogP contribution in [0.2, 0.25) is 0 Å². The van der Waals surface area contributed by atoms with Gasteiger partial charge in [-0.15, -0.1) is 0 Å². The summed E-state index contributed by atoms with van der Waals surface area (Å²) in [7, 11) is 0. The fraction of sp³-hybridized carbons (Fsp3) is 0.316. The number of benzene rings is 1. The normalized spacial score (nSPS) is 15.5. The minimum atomic E-state index is 0.0443. The molecule has 2 aromatic heterocycles. The molecule has 1 N–H and O–H groups in total. The quantitative estimate of drug-likeness (QED) is 0.799. The van der Waals surface area contributed by atoms with Crippen LogP contribution in [0.25, 0.3) is 5.52 Å². The summed E-state index contributed by atoms with van der Waals surface area (Å²) >= 11 is 0. The van der Waals surface area contributed by atoms with Crippen molar-refractivity contribution in [3.63, 3.8) is 0 Å². The first-order chi connectivity index (χ1) is 12.2. The Bertz CT molecular complexity index is 881. The van der Waals surface area contributed by atoms with Gasteiger partial charge in [0.05, 0.1) is 5.69 Å². The Kier molecular flexibility index (Phi) is 4.09. The number of nitrogens with zero attached hydrogens (tertiary/aromatic N) is 4. The highest BCUT2D eigenvalue weighted by molar-refractivity contribution is 5.92. The molecule has 1 saturated heterocycles. The zero-order valence-electron chi connectivity index (χ0n) is 14.2. The molecule has 0 bridgehead atoms. The molecule has 3 heterocycles. The number of aromatic nitrogens is 3. The molecule has 6 nitrogen and oxygen atoms in total. The number of carbonyl (C=O) groups is 1. The van der Waals surface area contributed by atoms with E-state index in [-0.39, 0.29) is 11.8 Å². The number of carbonyl (C=O) groups excluding carboxylic acids is 1. The number of rotatable bonds is 3. The van der Waals surface area contributed by atoms with Crippen LogP contribution >= 0.6 is 0 Å². The fourth-order valence-electron chi connectivity index (χ4n) is 3.39. The lowest BCUT2D eigenvalue weighted by atomic mass is 9.95. The summed E-state index contributed by atoms with van der Waals surface area (Å²) in [5.41, 5.74) is 2.86. The lowest BCUT2D eigenvalue weighted by molar-refractivity contribution is -0.120. The Balaban J connectivity index is 1.43. The summed E-state index contributed by atoms with van der Waals surface area (Å²) in [6, 6.07) is 11.7. The van der Waals surface area contributed by atoms with E-state index in [2.05, 4.69) is 26.4 Å². The zero-order valence-corrected chi connectivity index (χ0v) is 14.2. The van der Waals surface area contributed by atoms with Crippen LogP contribution in [-0.2, 0) is 4.79 Å². The van der Waals surface area contributed by atoms with Crippen LogP contribution in [0.15, 0.2) is 48.8 Å². The lowest BCUT2D eigenvalue weighted by Gasteiger charge is -2.32. The molecule has 1 fully saturated rings. The number of hydrogen-bond donors (Lipinski definition) is 1.